The maximum absolute atomic E-state index is 13.2. The molecular weight excluding hydrogens is 474 g/mol. The summed E-state index contributed by atoms with van der Waals surface area (Å²) in [4.78, 5) is 27.1. The van der Waals surface area contributed by atoms with Crippen molar-refractivity contribution in [2.75, 3.05) is 24.9 Å². The van der Waals surface area contributed by atoms with Crippen molar-refractivity contribution in [2.45, 2.75) is 26.4 Å². The summed E-state index contributed by atoms with van der Waals surface area (Å²) in [6, 6.07) is 20.6. The van der Waals surface area contributed by atoms with Gasteiger partial charge in [0.2, 0.25) is 0 Å². The fourth-order valence-electron chi connectivity index (χ4n) is 4.32. The first kappa shape index (κ1) is 25.2. The quantitative estimate of drug-likeness (QED) is 0.333. The van der Waals surface area contributed by atoms with Crippen molar-refractivity contribution in [3.8, 4) is 16.9 Å². The minimum absolute atomic E-state index is 0.0551. The van der Waals surface area contributed by atoms with Gasteiger partial charge in [-0.05, 0) is 77.3 Å². The average Bonchev–Trinajstić information content (AvgIpc) is 3.19. The van der Waals surface area contributed by atoms with E-state index in [2.05, 4.69) is 10.6 Å². The van der Waals surface area contributed by atoms with Gasteiger partial charge in [0.05, 0.1) is 14.2 Å². The van der Waals surface area contributed by atoms with Crippen LogP contribution in [-0.2, 0) is 16.1 Å². The number of methoxy groups -OCH3 is 2. The largest absolute Gasteiger partial charge is 0.497 e. The molecule has 1 amide bonds. The number of benzene rings is 3. The summed E-state index contributed by atoms with van der Waals surface area (Å²) in [5.41, 5.74) is 5.12. The molecule has 0 bridgehead atoms. The first-order valence-corrected chi connectivity index (χ1v) is 12.1. The van der Waals surface area contributed by atoms with Gasteiger partial charge in [-0.1, -0.05) is 38.1 Å². The van der Waals surface area contributed by atoms with Crippen LogP contribution < -0.4 is 15.4 Å². The lowest BCUT2D eigenvalue weighted by Crippen LogP contribution is -2.45. The van der Waals surface area contributed by atoms with Crippen molar-refractivity contribution < 1.29 is 19.1 Å². The maximum Gasteiger partial charge on any atom is 0.328 e. The summed E-state index contributed by atoms with van der Waals surface area (Å²) in [7, 11) is 2.98. The van der Waals surface area contributed by atoms with Crippen LogP contribution >= 0.6 is 12.2 Å². The van der Waals surface area contributed by atoms with E-state index in [0.29, 0.717) is 17.2 Å². The van der Waals surface area contributed by atoms with Crippen LogP contribution in [0.5, 0.6) is 5.75 Å². The molecule has 0 aromatic heterocycles. The topological polar surface area (TPSA) is 79.9 Å². The smallest absolute Gasteiger partial charge is 0.328 e. The predicted molar refractivity (Wildman–Crippen MR) is 145 cm³/mol. The molecule has 0 fully saturated rings. The number of thiocarbonyl (C=S) groups is 1. The highest BCUT2D eigenvalue weighted by Crippen LogP contribution is 2.32. The van der Waals surface area contributed by atoms with Gasteiger partial charge >= 0.3 is 5.97 Å². The normalized spacial score (nSPS) is 13.2. The third-order valence-electron chi connectivity index (χ3n) is 6.18. The number of carbonyl (C=O) groups is 2. The molecule has 4 rings (SSSR count). The van der Waals surface area contributed by atoms with Crippen molar-refractivity contribution in [3.63, 3.8) is 0 Å². The second-order valence-corrected chi connectivity index (χ2v) is 9.31. The van der Waals surface area contributed by atoms with E-state index in [1.807, 2.05) is 80.6 Å². The molecule has 8 heteroatoms. The monoisotopic (exact) mass is 503 g/mol. The van der Waals surface area contributed by atoms with Crippen molar-refractivity contribution >= 4 is 40.6 Å². The minimum atomic E-state index is -0.612. The molecule has 3 aromatic carbocycles. The lowest BCUT2D eigenvalue weighted by Gasteiger charge is -2.28. The van der Waals surface area contributed by atoms with Crippen LogP contribution in [-0.4, -0.2) is 42.2 Å². The Balaban J connectivity index is 1.45. The van der Waals surface area contributed by atoms with E-state index in [9.17, 15) is 9.59 Å². The van der Waals surface area contributed by atoms with E-state index >= 15 is 0 Å². The Kier molecular flexibility index (Phi) is 7.55. The number of hydrogen-bond donors (Lipinski definition) is 2. The lowest BCUT2D eigenvalue weighted by molar-refractivity contribution is -0.147. The fourth-order valence-corrected chi connectivity index (χ4v) is 4.56. The number of carbonyl (C=O) groups excluding carboxylic acids is 2. The van der Waals surface area contributed by atoms with E-state index in [1.165, 1.54) is 7.11 Å². The maximum atomic E-state index is 13.2. The Morgan fingerprint density at radius 3 is 2.06 bits per heavy atom. The number of nitrogens with zero attached hydrogens (tertiary/aromatic N) is 1. The Morgan fingerprint density at radius 2 is 1.50 bits per heavy atom. The van der Waals surface area contributed by atoms with Crippen molar-refractivity contribution in [2.24, 2.45) is 5.92 Å². The standard InChI is InChI=1S/C28H29N3O4S/c1-17(2)25(27(33)35-4)31-16-20-6-5-19(15-24(20)26(31)32)18-7-9-21(10-8-18)29-28(36)30-22-11-13-23(34-3)14-12-22/h5-15,17,25H,16H2,1-4H3,(H2,29,30,36). The summed E-state index contributed by atoms with van der Waals surface area (Å²) < 4.78 is 10.1. The van der Waals surface area contributed by atoms with Crippen LogP contribution in [0.2, 0.25) is 0 Å². The number of esters is 1. The minimum Gasteiger partial charge on any atom is -0.497 e. The number of amides is 1. The number of nitrogens with one attached hydrogen (secondary N) is 2. The van der Waals surface area contributed by atoms with Gasteiger partial charge < -0.3 is 25.0 Å². The molecule has 7 nitrogen and oxygen atoms in total. The van der Waals surface area contributed by atoms with Gasteiger partial charge in [-0.3, -0.25) is 4.79 Å². The van der Waals surface area contributed by atoms with Crippen molar-refractivity contribution in [1.29, 1.82) is 0 Å². The van der Waals surface area contributed by atoms with Crippen molar-refractivity contribution in [3.05, 3.63) is 77.9 Å². The van der Waals surface area contributed by atoms with Gasteiger partial charge in [-0.2, -0.15) is 0 Å². The molecule has 1 atom stereocenters. The molecule has 36 heavy (non-hydrogen) atoms. The lowest BCUT2D eigenvalue weighted by atomic mass is 10.00. The van der Waals surface area contributed by atoms with Gasteiger partial charge in [0.15, 0.2) is 5.11 Å². The molecule has 0 aliphatic carbocycles. The molecule has 0 spiro atoms. The Bertz CT molecular complexity index is 1270. The van der Waals surface area contributed by atoms with Gasteiger partial charge in [-0.15, -0.1) is 0 Å². The van der Waals surface area contributed by atoms with Crippen LogP contribution in [0.1, 0.15) is 29.8 Å². The summed E-state index contributed by atoms with van der Waals surface area (Å²) in [6.07, 6.45) is 0. The van der Waals surface area contributed by atoms with Crippen LogP contribution in [0.15, 0.2) is 66.7 Å². The SMILES string of the molecule is COC(=O)C(C(C)C)N1Cc2ccc(-c3ccc(NC(=S)Nc4ccc(OC)cc4)cc3)cc2C1=O. The third kappa shape index (κ3) is 5.33. The predicted octanol–water partition coefficient (Wildman–Crippen LogP) is 5.32. The number of hydrogen-bond acceptors (Lipinski definition) is 5. The molecular formula is C28H29N3O4S. The molecule has 186 valence electrons. The second kappa shape index (κ2) is 10.8. The summed E-state index contributed by atoms with van der Waals surface area (Å²) in [6.45, 7) is 4.22. The van der Waals surface area contributed by atoms with E-state index in [-0.39, 0.29) is 11.8 Å². The van der Waals surface area contributed by atoms with Crippen LogP contribution in [0.25, 0.3) is 11.1 Å². The molecule has 0 saturated carbocycles. The average molecular weight is 504 g/mol. The highest BCUT2D eigenvalue weighted by Gasteiger charge is 2.38. The molecule has 2 N–H and O–H groups in total. The van der Waals surface area contributed by atoms with E-state index in [1.54, 1.807) is 12.0 Å². The van der Waals surface area contributed by atoms with Crippen LogP contribution in [0.3, 0.4) is 0 Å². The molecule has 1 aliphatic heterocycles. The molecule has 1 unspecified atom stereocenters. The molecule has 0 radical (unpaired) electrons. The molecule has 0 saturated heterocycles. The van der Waals surface area contributed by atoms with E-state index < -0.39 is 12.0 Å². The highest BCUT2D eigenvalue weighted by atomic mass is 32.1. The van der Waals surface area contributed by atoms with Gasteiger partial charge in [0, 0.05) is 23.5 Å². The number of ether oxygens (including phenoxy) is 2. The first-order valence-electron chi connectivity index (χ1n) is 11.6. The Hall–Kier alpha value is -3.91. The number of fused-ring (bicyclic) bond motifs is 1. The second-order valence-electron chi connectivity index (χ2n) is 8.90. The third-order valence-corrected chi connectivity index (χ3v) is 6.38. The zero-order chi connectivity index (χ0) is 25.8. The van der Waals surface area contributed by atoms with Crippen LogP contribution in [0, 0.1) is 5.92 Å². The van der Waals surface area contributed by atoms with E-state index in [4.69, 9.17) is 21.7 Å². The Morgan fingerprint density at radius 1 is 0.917 bits per heavy atom. The summed E-state index contributed by atoms with van der Waals surface area (Å²) in [5.74, 6) is 0.178. The summed E-state index contributed by atoms with van der Waals surface area (Å²) >= 11 is 5.42. The van der Waals surface area contributed by atoms with Gasteiger partial charge in [0.1, 0.15) is 11.8 Å². The van der Waals surface area contributed by atoms with Gasteiger partial charge in [0.25, 0.3) is 5.91 Å². The molecule has 1 heterocycles. The Labute approximate surface area is 216 Å². The first-order chi connectivity index (χ1) is 17.3. The van der Waals surface area contributed by atoms with Crippen LogP contribution in [0.4, 0.5) is 11.4 Å². The van der Waals surface area contributed by atoms with E-state index in [0.717, 1.165) is 33.8 Å². The van der Waals surface area contributed by atoms with Crippen molar-refractivity contribution in [1.82, 2.24) is 4.90 Å². The molecule has 3 aromatic rings. The molecule has 1 aliphatic rings. The fraction of sp³-hybridized carbons (Fsp3) is 0.250. The highest BCUT2D eigenvalue weighted by molar-refractivity contribution is 7.80. The van der Waals surface area contributed by atoms with Gasteiger partial charge in [-0.25, -0.2) is 4.79 Å². The summed E-state index contributed by atoms with van der Waals surface area (Å²) in [5, 5.41) is 6.79. The number of anilines is 2. The zero-order valence-electron chi connectivity index (χ0n) is 20.7. The number of rotatable bonds is 7. The zero-order valence-corrected chi connectivity index (χ0v) is 21.5.